The molecular formula is C26H33ClN4O8. The molecule has 3 N–H and O–H groups in total. The van der Waals surface area contributed by atoms with Gasteiger partial charge in [0.2, 0.25) is 0 Å². The molecule has 212 valence electrons. The number of amides is 2. The van der Waals surface area contributed by atoms with E-state index in [1.807, 2.05) is 4.90 Å². The van der Waals surface area contributed by atoms with E-state index in [4.69, 9.17) is 30.5 Å². The molecule has 1 saturated heterocycles. The van der Waals surface area contributed by atoms with Gasteiger partial charge in [0.25, 0.3) is 11.8 Å². The van der Waals surface area contributed by atoms with E-state index >= 15 is 0 Å². The van der Waals surface area contributed by atoms with E-state index in [9.17, 15) is 19.2 Å². The number of esters is 2. The van der Waals surface area contributed by atoms with Gasteiger partial charge >= 0.3 is 11.9 Å². The summed E-state index contributed by atoms with van der Waals surface area (Å²) in [5.74, 6) is -3.19. The molecule has 0 aromatic heterocycles. The van der Waals surface area contributed by atoms with Crippen molar-refractivity contribution in [2.45, 2.75) is 19.8 Å². The van der Waals surface area contributed by atoms with Gasteiger partial charge in [-0.3, -0.25) is 25.3 Å². The number of nitrogens with zero attached hydrogens (tertiary/aromatic N) is 1. The predicted octanol–water partition coefficient (Wildman–Crippen LogP) is 0.787. The van der Waals surface area contributed by atoms with Crippen LogP contribution < -0.4 is 16.2 Å². The zero-order valence-corrected chi connectivity index (χ0v) is 22.9. The van der Waals surface area contributed by atoms with Crippen LogP contribution in [0.15, 0.2) is 46.8 Å². The smallest absolute Gasteiger partial charge is 0.336 e. The molecule has 0 bridgehead atoms. The molecule has 0 radical (unpaired) electrons. The molecule has 2 aliphatic heterocycles. The number of halogens is 1. The van der Waals surface area contributed by atoms with Crippen LogP contribution in [0, 0.1) is 0 Å². The number of ether oxygens (including phenoxy) is 4. The lowest BCUT2D eigenvalue weighted by molar-refractivity contribution is -0.139. The largest absolute Gasteiger partial charge is 0.466 e. The van der Waals surface area contributed by atoms with E-state index in [-0.39, 0.29) is 36.8 Å². The molecule has 0 aliphatic carbocycles. The number of carbonyl (C=O) groups excluding carboxylic acids is 4. The highest BCUT2D eigenvalue weighted by Crippen LogP contribution is 2.41. The number of morpholine rings is 1. The van der Waals surface area contributed by atoms with Gasteiger partial charge in [-0.15, -0.1) is 0 Å². The highest BCUT2D eigenvalue weighted by molar-refractivity contribution is 6.31. The summed E-state index contributed by atoms with van der Waals surface area (Å²) in [6.07, 6.45) is 0. The number of hydrogen-bond acceptors (Lipinski definition) is 10. The number of hydrogen-bond donors (Lipinski definition) is 3. The molecule has 12 nitrogen and oxygen atoms in total. The fraction of sp³-hybridized carbons (Fsp3) is 0.462. The first-order chi connectivity index (χ1) is 18.8. The number of carbonyl (C=O) groups is 4. The molecule has 13 heteroatoms. The standard InChI is InChI=1S/C26H33ClN4O8/c1-4-39-26(35)24-19(14-38-15-21(33)30-29-20(32)13-31-9-11-37-12-10-31)28-16(2)22(25(34)36-3)23(24)17-7-5-6-8-18(17)27/h5-8,23,28H,4,9-15H2,1-3H3,(H,29,32)(H,30,33). The lowest BCUT2D eigenvalue weighted by Gasteiger charge is -2.31. The van der Waals surface area contributed by atoms with E-state index in [0.29, 0.717) is 48.3 Å². The predicted molar refractivity (Wildman–Crippen MR) is 140 cm³/mol. The highest BCUT2D eigenvalue weighted by Gasteiger charge is 2.39. The van der Waals surface area contributed by atoms with Crippen LogP contribution in [0.3, 0.4) is 0 Å². The Balaban J connectivity index is 1.74. The number of methoxy groups -OCH3 is 1. The van der Waals surface area contributed by atoms with Crippen molar-refractivity contribution in [3.8, 4) is 0 Å². The molecule has 1 atom stereocenters. The van der Waals surface area contributed by atoms with Gasteiger partial charge in [0.1, 0.15) is 6.61 Å². The number of benzene rings is 1. The summed E-state index contributed by atoms with van der Waals surface area (Å²) in [5.41, 5.74) is 6.19. The van der Waals surface area contributed by atoms with Gasteiger partial charge in [0, 0.05) is 23.8 Å². The van der Waals surface area contributed by atoms with Crippen molar-refractivity contribution in [1.82, 2.24) is 21.1 Å². The molecule has 3 rings (SSSR count). The van der Waals surface area contributed by atoms with Crippen LogP contribution in [0.5, 0.6) is 0 Å². The van der Waals surface area contributed by atoms with Gasteiger partial charge < -0.3 is 24.3 Å². The van der Waals surface area contributed by atoms with E-state index in [1.165, 1.54) is 7.11 Å². The molecule has 1 aromatic rings. The maximum atomic E-state index is 13.2. The Bertz CT molecular complexity index is 1150. The van der Waals surface area contributed by atoms with E-state index < -0.39 is 30.4 Å². The minimum atomic E-state index is -0.904. The third kappa shape index (κ3) is 8.02. The van der Waals surface area contributed by atoms with Crippen molar-refractivity contribution < 1.29 is 38.1 Å². The first-order valence-electron chi connectivity index (χ1n) is 12.4. The molecule has 1 unspecified atom stereocenters. The molecule has 1 aromatic carbocycles. The second-order valence-corrected chi connectivity index (χ2v) is 9.11. The summed E-state index contributed by atoms with van der Waals surface area (Å²) in [5, 5.41) is 3.37. The summed E-state index contributed by atoms with van der Waals surface area (Å²) in [4.78, 5) is 52.2. The maximum absolute atomic E-state index is 13.2. The summed E-state index contributed by atoms with van der Waals surface area (Å²) < 4.78 is 21.1. The van der Waals surface area contributed by atoms with Gasteiger partial charge in [0.05, 0.1) is 62.8 Å². The number of allylic oxidation sites excluding steroid dienone is 1. The quantitative estimate of drug-likeness (QED) is 0.275. The Morgan fingerprint density at radius 3 is 2.44 bits per heavy atom. The van der Waals surface area contributed by atoms with Crippen LogP contribution in [0.25, 0.3) is 0 Å². The summed E-state index contributed by atoms with van der Waals surface area (Å²) in [7, 11) is 1.25. The van der Waals surface area contributed by atoms with Crippen molar-refractivity contribution in [2.75, 3.05) is 59.8 Å². The van der Waals surface area contributed by atoms with Crippen LogP contribution >= 0.6 is 11.6 Å². The number of dihydropyridines is 1. The van der Waals surface area contributed by atoms with E-state index in [1.54, 1.807) is 38.1 Å². The van der Waals surface area contributed by atoms with Crippen LogP contribution in [0.4, 0.5) is 0 Å². The normalized spacial score (nSPS) is 17.8. The molecule has 2 heterocycles. The Labute approximate surface area is 231 Å². The number of rotatable bonds is 10. The Morgan fingerprint density at radius 2 is 1.77 bits per heavy atom. The summed E-state index contributed by atoms with van der Waals surface area (Å²) in [6.45, 7) is 5.31. The third-order valence-corrected chi connectivity index (χ3v) is 6.40. The molecule has 1 fully saturated rings. The van der Waals surface area contributed by atoms with Gasteiger partial charge in [-0.05, 0) is 25.5 Å². The molecule has 39 heavy (non-hydrogen) atoms. The number of hydrazine groups is 1. The van der Waals surface area contributed by atoms with Crippen molar-refractivity contribution in [3.05, 3.63) is 57.4 Å². The second kappa shape index (κ2) is 14.6. The third-order valence-electron chi connectivity index (χ3n) is 6.05. The van der Waals surface area contributed by atoms with Crippen molar-refractivity contribution >= 4 is 35.4 Å². The van der Waals surface area contributed by atoms with Crippen LogP contribution in [0.2, 0.25) is 5.02 Å². The fourth-order valence-electron chi connectivity index (χ4n) is 4.28. The van der Waals surface area contributed by atoms with E-state index in [0.717, 1.165) is 0 Å². The van der Waals surface area contributed by atoms with Crippen LogP contribution in [-0.4, -0.2) is 88.4 Å². The van der Waals surface area contributed by atoms with E-state index in [2.05, 4.69) is 16.2 Å². The minimum absolute atomic E-state index is 0.0918. The SMILES string of the molecule is CCOC(=O)C1=C(COCC(=O)NNC(=O)CN2CCOCC2)NC(C)=C(C(=O)OC)C1c1ccccc1Cl. The second-order valence-electron chi connectivity index (χ2n) is 8.70. The average Bonchev–Trinajstić information content (AvgIpc) is 2.92. The Morgan fingerprint density at radius 1 is 1.08 bits per heavy atom. The fourth-order valence-corrected chi connectivity index (χ4v) is 4.53. The van der Waals surface area contributed by atoms with Gasteiger partial charge in [-0.1, -0.05) is 29.8 Å². The average molecular weight is 565 g/mol. The van der Waals surface area contributed by atoms with Crippen LogP contribution in [-0.2, 0) is 38.1 Å². The summed E-state index contributed by atoms with van der Waals surface area (Å²) in [6, 6.07) is 6.83. The molecule has 0 saturated carbocycles. The molecule has 2 amide bonds. The first kappa shape index (κ1) is 30.1. The maximum Gasteiger partial charge on any atom is 0.336 e. The van der Waals surface area contributed by atoms with Gasteiger partial charge in [-0.25, -0.2) is 9.59 Å². The van der Waals surface area contributed by atoms with Crippen molar-refractivity contribution in [3.63, 3.8) is 0 Å². The Kier molecular flexibility index (Phi) is 11.3. The Hall–Kier alpha value is -3.45. The van der Waals surface area contributed by atoms with Crippen molar-refractivity contribution in [1.29, 1.82) is 0 Å². The first-order valence-corrected chi connectivity index (χ1v) is 12.8. The highest BCUT2D eigenvalue weighted by atomic mass is 35.5. The topological polar surface area (TPSA) is 145 Å². The summed E-state index contributed by atoms with van der Waals surface area (Å²) >= 11 is 6.48. The van der Waals surface area contributed by atoms with Gasteiger partial charge in [-0.2, -0.15) is 0 Å². The molecular weight excluding hydrogens is 532 g/mol. The van der Waals surface area contributed by atoms with Crippen molar-refractivity contribution in [2.24, 2.45) is 0 Å². The van der Waals surface area contributed by atoms with Crippen LogP contribution in [0.1, 0.15) is 25.3 Å². The monoisotopic (exact) mass is 564 g/mol. The lowest BCUT2D eigenvalue weighted by Crippen LogP contribution is -2.49. The zero-order chi connectivity index (χ0) is 28.4. The number of nitrogens with one attached hydrogen (secondary N) is 3. The van der Waals surface area contributed by atoms with Gasteiger partial charge in [0.15, 0.2) is 0 Å². The molecule has 0 spiro atoms. The minimum Gasteiger partial charge on any atom is -0.466 e. The zero-order valence-electron chi connectivity index (χ0n) is 22.1. The lowest BCUT2D eigenvalue weighted by atomic mass is 9.80. The molecule has 2 aliphatic rings.